The number of carbonyl (C=O) groups is 1. The molecule has 128 valence electrons. The van der Waals surface area contributed by atoms with Gasteiger partial charge in [0.1, 0.15) is 0 Å². The Labute approximate surface area is 142 Å². The molecule has 0 spiro atoms. The van der Waals surface area contributed by atoms with Gasteiger partial charge in [0, 0.05) is 13.6 Å². The Kier molecular flexibility index (Phi) is 11.8. The predicted molar refractivity (Wildman–Crippen MR) is 94.5 cm³/mol. The van der Waals surface area contributed by atoms with E-state index in [1.165, 1.54) is 25.7 Å². The van der Waals surface area contributed by atoms with Crippen molar-refractivity contribution in [1.29, 1.82) is 0 Å². The van der Waals surface area contributed by atoms with E-state index in [2.05, 4.69) is 18.7 Å². The molecule has 1 heterocycles. The van der Waals surface area contributed by atoms with Crippen molar-refractivity contribution in [1.82, 2.24) is 9.80 Å². The summed E-state index contributed by atoms with van der Waals surface area (Å²) in [6, 6.07) is -0.00308. The molecule has 1 atom stereocenters. The van der Waals surface area contributed by atoms with Gasteiger partial charge in [0.25, 0.3) is 0 Å². The minimum atomic E-state index is -0.0110. The van der Waals surface area contributed by atoms with Crippen LogP contribution in [0.5, 0.6) is 0 Å². The fourth-order valence-electron chi connectivity index (χ4n) is 2.74. The lowest BCUT2D eigenvalue weighted by molar-refractivity contribution is -0.136. The van der Waals surface area contributed by atoms with Crippen molar-refractivity contribution in [3.63, 3.8) is 0 Å². The molecule has 0 radical (unpaired) electrons. The maximum atomic E-state index is 12.5. The summed E-state index contributed by atoms with van der Waals surface area (Å²) in [5, 5.41) is 0. The van der Waals surface area contributed by atoms with Gasteiger partial charge < -0.3 is 10.6 Å². The lowest BCUT2D eigenvalue weighted by Gasteiger charge is -2.34. The smallest absolute Gasteiger partial charge is 0.239 e. The van der Waals surface area contributed by atoms with Crippen LogP contribution in [0.4, 0.5) is 0 Å². The Bertz CT molecular complexity index is 293. The van der Waals surface area contributed by atoms with Crippen molar-refractivity contribution < 1.29 is 4.79 Å². The van der Waals surface area contributed by atoms with E-state index in [-0.39, 0.29) is 42.2 Å². The maximum Gasteiger partial charge on any atom is 0.239 e. The van der Waals surface area contributed by atoms with E-state index < -0.39 is 0 Å². The molecule has 2 N–H and O–H groups in total. The van der Waals surface area contributed by atoms with Crippen LogP contribution >= 0.6 is 24.8 Å². The van der Waals surface area contributed by atoms with Crippen molar-refractivity contribution in [2.75, 3.05) is 33.2 Å². The van der Waals surface area contributed by atoms with E-state index in [1.807, 2.05) is 18.9 Å². The van der Waals surface area contributed by atoms with Crippen LogP contribution in [0.3, 0.4) is 0 Å². The summed E-state index contributed by atoms with van der Waals surface area (Å²) in [5.41, 5.74) is 5.73. The van der Waals surface area contributed by atoms with Crippen molar-refractivity contribution in [2.45, 2.75) is 52.5 Å². The average molecular weight is 342 g/mol. The van der Waals surface area contributed by atoms with E-state index >= 15 is 0 Å². The zero-order chi connectivity index (χ0) is 14.5. The molecule has 0 aliphatic carbocycles. The minimum absolute atomic E-state index is 0. The van der Waals surface area contributed by atoms with Gasteiger partial charge in [-0.05, 0) is 44.8 Å². The second-order valence-corrected chi connectivity index (χ2v) is 6.69. The van der Waals surface area contributed by atoms with Gasteiger partial charge in [-0.15, -0.1) is 24.8 Å². The number of rotatable bonds is 5. The van der Waals surface area contributed by atoms with E-state index in [9.17, 15) is 4.79 Å². The first-order chi connectivity index (χ1) is 8.87. The zero-order valence-electron chi connectivity index (χ0n) is 13.9. The first-order valence-corrected chi connectivity index (χ1v) is 7.56. The Morgan fingerprint density at radius 2 is 1.67 bits per heavy atom. The molecule has 1 amide bonds. The molecular weight excluding hydrogens is 309 g/mol. The normalized spacial score (nSPS) is 18.0. The Balaban J connectivity index is 0. The third kappa shape index (κ3) is 7.68. The number of hydrogen-bond donors (Lipinski definition) is 1. The summed E-state index contributed by atoms with van der Waals surface area (Å²) in [6.45, 7) is 9.69. The summed E-state index contributed by atoms with van der Waals surface area (Å²) in [6.07, 6.45) is 5.03. The molecule has 0 aromatic heterocycles. The molecule has 0 aromatic rings. The molecule has 0 aromatic carbocycles. The highest BCUT2D eigenvalue weighted by molar-refractivity contribution is 5.85. The number of likely N-dealkylation sites (N-methyl/N-ethyl adjacent to an activating group) is 1. The molecule has 1 rings (SSSR count). The lowest BCUT2D eigenvalue weighted by Crippen LogP contribution is -2.49. The van der Waals surface area contributed by atoms with Gasteiger partial charge in [-0.2, -0.15) is 0 Å². The first kappa shape index (κ1) is 23.2. The third-order valence-corrected chi connectivity index (χ3v) is 4.14. The van der Waals surface area contributed by atoms with Crippen LogP contribution in [-0.4, -0.2) is 55.0 Å². The fraction of sp³-hybridized carbons (Fsp3) is 0.933. The highest BCUT2D eigenvalue weighted by Crippen LogP contribution is 2.17. The molecule has 1 unspecified atom stereocenters. The second kappa shape index (κ2) is 10.7. The molecule has 4 nitrogen and oxygen atoms in total. The van der Waals surface area contributed by atoms with E-state index in [4.69, 9.17) is 5.73 Å². The van der Waals surface area contributed by atoms with Gasteiger partial charge in [0.15, 0.2) is 0 Å². The molecule has 1 aliphatic heterocycles. The Morgan fingerprint density at radius 3 is 2.10 bits per heavy atom. The zero-order valence-corrected chi connectivity index (χ0v) is 15.6. The monoisotopic (exact) mass is 341 g/mol. The summed E-state index contributed by atoms with van der Waals surface area (Å²) < 4.78 is 0. The molecule has 1 fully saturated rings. The fourth-order valence-corrected chi connectivity index (χ4v) is 2.74. The van der Waals surface area contributed by atoms with Gasteiger partial charge in [0.05, 0.1) is 6.04 Å². The number of amides is 1. The van der Waals surface area contributed by atoms with E-state index in [1.54, 1.807) is 0 Å². The number of nitrogens with zero attached hydrogens (tertiary/aromatic N) is 2. The minimum Gasteiger partial charge on any atom is -0.344 e. The van der Waals surface area contributed by atoms with Crippen LogP contribution in [0.2, 0.25) is 0 Å². The van der Waals surface area contributed by atoms with Crippen LogP contribution < -0.4 is 5.73 Å². The van der Waals surface area contributed by atoms with Crippen molar-refractivity contribution in [3.05, 3.63) is 0 Å². The van der Waals surface area contributed by atoms with Crippen LogP contribution in [0.15, 0.2) is 0 Å². The Morgan fingerprint density at radius 1 is 1.19 bits per heavy atom. The van der Waals surface area contributed by atoms with Gasteiger partial charge in [-0.1, -0.05) is 26.7 Å². The van der Waals surface area contributed by atoms with Crippen LogP contribution in [0.25, 0.3) is 0 Å². The largest absolute Gasteiger partial charge is 0.344 e. The molecule has 1 aliphatic rings. The van der Waals surface area contributed by atoms with Gasteiger partial charge in [-0.3, -0.25) is 9.69 Å². The van der Waals surface area contributed by atoms with Gasteiger partial charge >= 0.3 is 0 Å². The van der Waals surface area contributed by atoms with Gasteiger partial charge in [-0.25, -0.2) is 0 Å². The summed E-state index contributed by atoms with van der Waals surface area (Å²) in [7, 11) is 1.90. The number of likely N-dealkylation sites (tertiary alicyclic amines) is 1. The molecular formula is C15H33Cl2N3O. The predicted octanol–water partition coefficient (Wildman–Crippen LogP) is 2.54. The summed E-state index contributed by atoms with van der Waals surface area (Å²) in [4.78, 5) is 16.7. The number of nitrogens with two attached hydrogens (primary N) is 1. The summed E-state index contributed by atoms with van der Waals surface area (Å²) in [5.74, 6) is 0.225. The lowest BCUT2D eigenvalue weighted by atomic mass is 9.93. The van der Waals surface area contributed by atoms with Crippen molar-refractivity contribution in [3.8, 4) is 0 Å². The molecule has 0 saturated carbocycles. The van der Waals surface area contributed by atoms with E-state index in [0.29, 0.717) is 6.54 Å². The molecule has 6 heteroatoms. The van der Waals surface area contributed by atoms with Crippen LogP contribution in [-0.2, 0) is 4.79 Å². The van der Waals surface area contributed by atoms with Crippen molar-refractivity contribution >= 4 is 30.7 Å². The van der Waals surface area contributed by atoms with Crippen molar-refractivity contribution in [2.24, 2.45) is 11.1 Å². The SMILES string of the molecule is CC(C(=O)N(C)CC(C)(C)CN)N1CCCCCC1.Cl.Cl. The average Bonchev–Trinajstić information content (AvgIpc) is 2.65. The van der Waals surface area contributed by atoms with E-state index in [0.717, 1.165) is 19.6 Å². The number of carbonyl (C=O) groups excluding carboxylic acids is 1. The van der Waals surface area contributed by atoms with Gasteiger partial charge in [0.2, 0.25) is 5.91 Å². The quantitative estimate of drug-likeness (QED) is 0.835. The highest BCUT2D eigenvalue weighted by Gasteiger charge is 2.27. The standard InChI is InChI=1S/C15H31N3O.2ClH/c1-13(18-9-7-5-6-8-10-18)14(19)17(4)12-15(2,3)11-16;;/h13H,5-12,16H2,1-4H3;2*1H. The van der Waals surface area contributed by atoms with Crippen LogP contribution in [0.1, 0.15) is 46.5 Å². The third-order valence-electron chi connectivity index (χ3n) is 4.14. The first-order valence-electron chi connectivity index (χ1n) is 7.56. The summed E-state index contributed by atoms with van der Waals surface area (Å²) >= 11 is 0. The Hall–Kier alpha value is -0.0300. The topological polar surface area (TPSA) is 49.6 Å². The maximum absolute atomic E-state index is 12.5. The number of hydrogen-bond acceptors (Lipinski definition) is 3. The molecule has 1 saturated heterocycles. The highest BCUT2D eigenvalue weighted by atomic mass is 35.5. The molecule has 21 heavy (non-hydrogen) atoms. The van der Waals surface area contributed by atoms with Crippen LogP contribution in [0, 0.1) is 5.41 Å². The second-order valence-electron chi connectivity index (χ2n) is 6.69. The number of halogens is 2. The molecule has 0 bridgehead atoms.